The van der Waals surface area contributed by atoms with Gasteiger partial charge in [-0.05, 0) is 82.4 Å². The fourth-order valence-corrected chi connectivity index (χ4v) is 7.32. The Morgan fingerprint density at radius 1 is 0.587 bits per heavy atom. The minimum absolute atomic E-state index is 0.395. The Balaban J connectivity index is 1.04. The lowest BCUT2D eigenvalue weighted by Gasteiger charge is -2.30. The summed E-state index contributed by atoms with van der Waals surface area (Å²) >= 11 is 0. The van der Waals surface area contributed by atoms with Gasteiger partial charge in [-0.15, -0.1) is 0 Å². The molecule has 3 aliphatic carbocycles. The molecule has 2 heteroatoms. The molecule has 3 atom stereocenters. The third-order valence-corrected chi connectivity index (χ3v) is 9.72. The molecule has 3 aliphatic rings. The van der Waals surface area contributed by atoms with Crippen LogP contribution in [0.15, 0.2) is 186 Å². The second-order valence-electron chi connectivity index (χ2n) is 12.5. The van der Waals surface area contributed by atoms with Gasteiger partial charge in [0.05, 0.1) is 0 Å². The molecule has 0 amide bonds. The van der Waals surface area contributed by atoms with Crippen LogP contribution in [0.5, 0.6) is 0 Å². The normalized spacial score (nSPS) is 20.2. The maximum absolute atomic E-state index is 6.18. The number of benzene rings is 5. The molecule has 0 saturated carbocycles. The first-order valence-corrected chi connectivity index (χ1v) is 16.2. The van der Waals surface area contributed by atoms with E-state index in [1.54, 1.807) is 0 Å². The average molecular weight is 592 g/mol. The van der Waals surface area contributed by atoms with Gasteiger partial charge in [-0.3, -0.25) is 0 Å². The highest BCUT2D eigenvalue weighted by atomic mass is 16.3. The molecule has 220 valence electrons. The van der Waals surface area contributed by atoms with Crippen LogP contribution < -0.4 is 4.90 Å². The van der Waals surface area contributed by atoms with E-state index in [1.165, 1.54) is 38.6 Å². The Bertz CT molecular complexity index is 2290. The van der Waals surface area contributed by atoms with Crippen molar-refractivity contribution < 1.29 is 4.42 Å². The summed E-state index contributed by atoms with van der Waals surface area (Å²) in [7, 11) is 0. The van der Waals surface area contributed by atoms with Crippen LogP contribution in [-0.4, -0.2) is 0 Å². The predicted octanol–water partition coefficient (Wildman–Crippen LogP) is 11.9. The van der Waals surface area contributed by atoms with E-state index in [9.17, 15) is 0 Å². The number of rotatable bonds is 5. The summed E-state index contributed by atoms with van der Waals surface area (Å²) in [5.41, 5.74) is 9.17. The van der Waals surface area contributed by atoms with E-state index in [0.717, 1.165) is 34.3 Å². The average Bonchev–Trinajstić information content (AvgIpc) is 3.52. The van der Waals surface area contributed by atoms with Crippen molar-refractivity contribution in [3.8, 4) is 11.1 Å². The molecule has 0 fully saturated rings. The Kier molecular flexibility index (Phi) is 6.45. The molecule has 0 aliphatic heterocycles. The molecule has 0 saturated heterocycles. The van der Waals surface area contributed by atoms with Crippen LogP contribution in [0.2, 0.25) is 0 Å². The first-order chi connectivity index (χ1) is 22.8. The molecule has 0 bridgehead atoms. The van der Waals surface area contributed by atoms with Crippen molar-refractivity contribution in [1.82, 2.24) is 0 Å². The van der Waals surface area contributed by atoms with Crippen LogP contribution in [0.1, 0.15) is 6.42 Å². The highest BCUT2D eigenvalue weighted by molar-refractivity contribution is 6.19. The number of anilines is 2. The number of nitrogens with zero attached hydrogens (tertiary/aromatic N) is 1. The predicted molar refractivity (Wildman–Crippen MR) is 193 cm³/mol. The highest BCUT2D eigenvalue weighted by Crippen LogP contribution is 2.39. The number of para-hydroxylation sites is 2. The van der Waals surface area contributed by atoms with Crippen molar-refractivity contribution in [3.63, 3.8) is 0 Å². The van der Waals surface area contributed by atoms with Crippen LogP contribution in [-0.2, 0) is 0 Å². The van der Waals surface area contributed by atoms with Crippen LogP contribution in [0.4, 0.5) is 11.4 Å². The highest BCUT2D eigenvalue weighted by Gasteiger charge is 2.23. The largest absolute Gasteiger partial charge is 0.456 e. The van der Waals surface area contributed by atoms with E-state index in [1.807, 2.05) is 12.1 Å². The monoisotopic (exact) mass is 591 g/mol. The molecule has 0 spiro atoms. The Morgan fingerprint density at radius 2 is 1.35 bits per heavy atom. The van der Waals surface area contributed by atoms with Gasteiger partial charge < -0.3 is 9.32 Å². The van der Waals surface area contributed by atoms with Crippen molar-refractivity contribution >= 4 is 44.1 Å². The lowest BCUT2D eigenvalue weighted by molar-refractivity contribution is 0.635. The van der Waals surface area contributed by atoms with E-state index in [0.29, 0.717) is 17.8 Å². The number of furan rings is 1. The summed E-state index contributed by atoms with van der Waals surface area (Å²) in [5, 5.41) is 4.78. The van der Waals surface area contributed by atoms with E-state index in [4.69, 9.17) is 4.42 Å². The van der Waals surface area contributed by atoms with E-state index >= 15 is 0 Å². The quantitative estimate of drug-likeness (QED) is 0.198. The van der Waals surface area contributed by atoms with Gasteiger partial charge in [0, 0.05) is 45.6 Å². The minimum Gasteiger partial charge on any atom is -0.456 e. The van der Waals surface area contributed by atoms with Crippen molar-refractivity contribution in [1.29, 1.82) is 0 Å². The van der Waals surface area contributed by atoms with Crippen molar-refractivity contribution in [2.75, 3.05) is 4.90 Å². The number of allylic oxidation sites excluding steroid dienone is 11. The van der Waals surface area contributed by atoms with Crippen molar-refractivity contribution in [3.05, 3.63) is 181 Å². The molecule has 3 unspecified atom stereocenters. The molecule has 9 rings (SSSR count). The molecule has 46 heavy (non-hydrogen) atoms. The molecule has 2 nitrogen and oxygen atoms in total. The van der Waals surface area contributed by atoms with Gasteiger partial charge in [-0.1, -0.05) is 121 Å². The Labute approximate surface area is 269 Å². The molecular formula is C44H33NO. The minimum atomic E-state index is 0.395. The van der Waals surface area contributed by atoms with Gasteiger partial charge >= 0.3 is 0 Å². The third-order valence-electron chi connectivity index (χ3n) is 9.72. The second-order valence-corrected chi connectivity index (χ2v) is 12.5. The van der Waals surface area contributed by atoms with Gasteiger partial charge in [0.15, 0.2) is 0 Å². The van der Waals surface area contributed by atoms with Gasteiger partial charge in [0.2, 0.25) is 0 Å². The summed E-state index contributed by atoms with van der Waals surface area (Å²) in [6.45, 7) is 0. The van der Waals surface area contributed by atoms with Crippen molar-refractivity contribution in [2.45, 2.75) is 6.42 Å². The SMILES string of the molecule is C1=CC2C=CC(C3C=CC(N(c4ccccc4)c4ccc(-c5ccc6ccc7oc8ccccc8c7c6c5)cc4)=CC3)=CC2C=C1. The van der Waals surface area contributed by atoms with Gasteiger partial charge in [-0.25, -0.2) is 0 Å². The van der Waals surface area contributed by atoms with Crippen LogP contribution >= 0.6 is 0 Å². The fourth-order valence-electron chi connectivity index (χ4n) is 7.32. The summed E-state index contributed by atoms with van der Waals surface area (Å²) < 4.78 is 6.18. The molecule has 6 aromatic rings. The van der Waals surface area contributed by atoms with E-state index < -0.39 is 0 Å². The van der Waals surface area contributed by atoms with Crippen LogP contribution in [0, 0.1) is 17.8 Å². The zero-order valence-corrected chi connectivity index (χ0v) is 25.5. The first kappa shape index (κ1) is 26.8. The summed E-state index contributed by atoms with van der Waals surface area (Å²) in [5.74, 6) is 1.35. The number of hydrogen-bond acceptors (Lipinski definition) is 2. The maximum Gasteiger partial charge on any atom is 0.136 e. The Hall–Kier alpha value is -5.60. The fraction of sp³-hybridized carbons (Fsp3) is 0.0909. The zero-order valence-electron chi connectivity index (χ0n) is 25.5. The maximum atomic E-state index is 6.18. The van der Waals surface area contributed by atoms with Gasteiger partial charge in [0.25, 0.3) is 0 Å². The number of fused-ring (bicyclic) bond motifs is 6. The third kappa shape index (κ3) is 4.66. The summed E-state index contributed by atoms with van der Waals surface area (Å²) in [4.78, 5) is 2.37. The standard InChI is InChI=1S/C44H33NO/c1-2-10-37(11-3-1)45(38-23-18-31(19-24-38)35-16-14-30-8-4-5-9-34(30)28-35)39-25-20-32(21-26-39)36-17-15-33-22-27-43-44(41(33)29-36)40-12-6-7-13-42(40)46-43/h1-18,20-31,34H,19H2. The molecular weight excluding hydrogens is 558 g/mol. The molecule has 0 radical (unpaired) electrons. The second kappa shape index (κ2) is 11.1. The number of hydrogen-bond donors (Lipinski definition) is 0. The first-order valence-electron chi connectivity index (χ1n) is 16.2. The van der Waals surface area contributed by atoms with E-state index in [2.05, 4.69) is 163 Å². The van der Waals surface area contributed by atoms with Gasteiger partial charge in [0.1, 0.15) is 11.2 Å². The molecule has 5 aromatic carbocycles. The van der Waals surface area contributed by atoms with E-state index in [-0.39, 0.29) is 0 Å². The smallest absolute Gasteiger partial charge is 0.136 e. The van der Waals surface area contributed by atoms with Gasteiger partial charge in [-0.2, -0.15) is 0 Å². The topological polar surface area (TPSA) is 16.4 Å². The van der Waals surface area contributed by atoms with Crippen molar-refractivity contribution in [2.24, 2.45) is 17.8 Å². The lowest BCUT2D eigenvalue weighted by atomic mass is 9.79. The molecule has 1 aromatic heterocycles. The Morgan fingerprint density at radius 3 is 2.20 bits per heavy atom. The summed E-state index contributed by atoms with van der Waals surface area (Å²) in [6, 6.07) is 39.0. The van der Waals surface area contributed by atoms with Crippen LogP contribution in [0.3, 0.4) is 0 Å². The summed E-state index contributed by atoms with van der Waals surface area (Å²) in [6.07, 6.45) is 24.2. The molecule has 1 heterocycles. The zero-order chi connectivity index (χ0) is 30.5. The molecule has 0 N–H and O–H groups in total. The van der Waals surface area contributed by atoms with Crippen LogP contribution in [0.25, 0.3) is 43.8 Å². The lowest BCUT2D eigenvalue weighted by Crippen LogP contribution is -2.19.